The lowest BCUT2D eigenvalue weighted by molar-refractivity contribution is 0.125. The second kappa shape index (κ2) is 6.02. The smallest absolute Gasteiger partial charge is 0.0249 e. The van der Waals surface area contributed by atoms with Crippen molar-refractivity contribution in [1.82, 2.24) is 10.2 Å². The van der Waals surface area contributed by atoms with E-state index in [0.717, 1.165) is 24.5 Å². The van der Waals surface area contributed by atoms with E-state index in [0.29, 0.717) is 0 Å². The summed E-state index contributed by atoms with van der Waals surface area (Å²) in [5, 5.41) is 3.68. The quantitative estimate of drug-likeness (QED) is 0.746. The summed E-state index contributed by atoms with van der Waals surface area (Å²) in [4.78, 5) is 2.75. The third-order valence-electron chi connectivity index (χ3n) is 4.54. The highest BCUT2D eigenvalue weighted by Gasteiger charge is 2.32. The van der Waals surface area contributed by atoms with Gasteiger partial charge in [0.15, 0.2) is 0 Å². The van der Waals surface area contributed by atoms with Gasteiger partial charge in [0.1, 0.15) is 0 Å². The van der Waals surface area contributed by atoms with Crippen LogP contribution < -0.4 is 5.32 Å². The maximum absolute atomic E-state index is 3.68. The van der Waals surface area contributed by atoms with Gasteiger partial charge in [0.05, 0.1) is 0 Å². The number of nitrogens with zero attached hydrogens (tertiary/aromatic N) is 1. The summed E-state index contributed by atoms with van der Waals surface area (Å²) in [7, 11) is 0. The molecule has 2 atom stereocenters. The van der Waals surface area contributed by atoms with E-state index in [-0.39, 0.29) is 0 Å². The summed E-state index contributed by atoms with van der Waals surface area (Å²) < 4.78 is 0. The van der Waals surface area contributed by atoms with E-state index in [4.69, 9.17) is 0 Å². The van der Waals surface area contributed by atoms with Crippen LogP contribution in [0.4, 0.5) is 0 Å². The highest BCUT2D eigenvalue weighted by molar-refractivity contribution is 4.91. The Morgan fingerprint density at radius 3 is 2.38 bits per heavy atom. The van der Waals surface area contributed by atoms with Gasteiger partial charge in [-0.1, -0.05) is 26.7 Å². The van der Waals surface area contributed by atoms with Crippen LogP contribution >= 0.6 is 0 Å². The molecule has 0 aliphatic heterocycles. The first-order valence-electron chi connectivity index (χ1n) is 7.32. The molecule has 0 bridgehead atoms. The Morgan fingerprint density at radius 2 is 1.81 bits per heavy atom. The first-order chi connectivity index (χ1) is 7.85. The molecule has 16 heavy (non-hydrogen) atoms. The topological polar surface area (TPSA) is 15.3 Å². The molecule has 2 aliphatic rings. The number of hydrogen-bond donors (Lipinski definition) is 1. The van der Waals surface area contributed by atoms with Crippen molar-refractivity contribution >= 4 is 0 Å². The third kappa shape index (κ3) is 2.78. The minimum atomic E-state index is 0.769. The molecule has 2 nitrogen and oxygen atoms in total. The van der Waals surface area contributed by atoms with Crippen LogP contribution in [0.25, 0.3) is 0 Å². The molecular weight excluding hydrogens is 196 g/mol. The predicted molar refractivity (Wildman–Crippen MR) is 69.7 cm³/mol. The summed E-state index contributed by atoms with van der Waals surface area (Å²) in [6.45, 7) is 8.30. The molecular formula is C14H28N2. The summed E-state index contributed by atoms with van der Waals surface area (Å²) in [6, 6.07) is 1.59. The first-order valence-corrected chi connectivity index (χ1v) is 7.32. The number of rotatable bonds is 6. The number of likely N-dealkylation sites (N-methyl/N-ethyl adjacent to an activating group) is 2. The van der Waals surface area contributed by atoms with E-state index >= 15 is 0 Å². The lowest BCUT2D eigenvalue weighted by Gasteiger charge is -2.37. The van der Waals surface area contributed by atoms with Crippen LogP contribution in [0.3, 0.4) is 0 Å². The Balaban J connectivity index is 1.85. The minimum absolute atomic E-state index is 0.769. The summed E-state index contributed by atoms with van der Waals surface area (Å²) in [5.41, 5.74) is 0. The molecule has 2 heteroatoms. The van der Waals surface area contributed by atoms with Crippen LogP contribution in [0, 0.1) is 5.92 Å². The molecule has 2 unspecified atom stereocenters. The first kappa shape index (κ1) is 12.4. The molecule has 1 N–H and O–H groups in total. The minimum Gasteiger partial charge on any atom is -0.313 e. The van der Waals surface area contributed by atoms with Crippen molar-refractivity contribution in [2.24, 2.45) is 5.92 Å². The Labute approximate surface area is 101 Å². The van der Waals surface area contributed by atoms with Crippen molar-refractivity contribution in [3.8, 4) is 0 Å². The Bertz CT molecular complexity index is 201. The molecule has 0 heterocycles. The molecule has 94 valence electrons. The Hall–Kier alpha value is -0.0800. The normalized spacial score (nSPS) is 30.9. The average molecular weight is 224 g/mol. The highest BCUT2D eigenvalue weighted by Crippen LogP contribution is 2.30. The van der Waals surface area contributed by atoms with Crippen LogP contribution in [0.15, 0.2) is 0 Å². The second-order valence-electron chi connectivity index (χ2n) is 5.55. The zero-order chi connectivity index (χ0) is 11.4. The average Bonchev–Trinajstić information content (AvgIpc) is 2.66. The fraction of sp³-hybridized carbons (Fsp3) is 1.00. The molecule has 2 rings (SSSR count). The van der Waals surface area contributed by atoms with Gasteiger partial charge < -0.3 is 5.32 Å². The molecule has 2 saturated carbocycles. The van der Waals surface area contributed by atoms with E-state index < -0.39 is 0 Å². The van der Waals surface area contributed by atoms with Crippen molar-refractivity contribution in [2.45, 2.75) is 64.5 Å². The summed E-state index contributed by atoms with van der Waals surface area (Å²) in [5.74, 6) is 1.02. The van der Waals surface area contributed by atoms with Gasteiger partial charge in [-0.2, -0.15) is 0 Å². The lowest BCUT2D eigenvalue weighted by atomic mass is 9.84. The summed E-state index contributed by atoms with van der Waals surface area (Å²) >= 11 is 0. The molecule has 0 spiro atoms. The van der Waals surface area contributed by atoms with Gasteiger partial charge in [-0.25, -0.2) is 0 Å². The fourth-order valence-electron chi connectivity index (χ4n) is 3.38. The fourth-order valence-corrected chi connectivity index (χ4v) is 3.38. The number of nitrogens with one attached hydrogen (secondary N) is 1. The maximum Gasteiger partial charge on any atom is 0.0249 e. The van der Waals surface area contributed by atoms with Crippen molar-refractivity contribution in [1.29, 1.82) is 0 Å². The largest absolute Gasteiger partial charge is 0.313 e. The van der Waals surface area contributed by atoms with E-state index in [2.05, 4.69) is 24.1 Å². The zero-order valence-electron chi connectivity index (χ0n) is 11.0. The van der Waals surface area contributed by atoms with Crippen molar-refractivity contribution < 1.29 is 0 Å². The van der Waals surface area contributed by atoms with Crippen molar-refractivity contribution in [3.05, 3.63) is 0 Å². The summed E-state index contributed by atoms with van der Waals surface area (Å²) in [6.07, 6.45) is 8.66. The zero-order valence-corrected chi connectivity index (χ0v) is 11.0. The van der Waals surface area contributed by atoms with Crippen LogP contribution in [0.1, 0.15) is 52.4 Å². The molecule has 0 radical (unpaired) electrons. The van der Waals surface area contributed by atoms with E-state index in [9.17, 15) is 0 Å². The van der Waals surface area contributed by atoms with Crippen LogP contribution in [0.5, 0.6) is 0 Å². The van der Waals surface area contributed by atoms with Crippen LogP contribution in [0.2, 0.25) is 0 Å². The van der Waals surface area contributed by atoms with Gasteiger partial charge in [-0.15, -0.1) is 0 Å². The highest BCUT2D eigenvalue weighted by atomic mass is 15.2. The maximum atomic E-state index is 3.68. The van der Waals surface area contributed by atoms with E-state index in [1.807, 2.05) is 0 Å². The van der Waals surface area contributed by atoms with Crippen LogP contribution in [-0.4, -0.2) is 36.6 Å². The second-order valence-corrected chi connectivity index (χ2v) is 5.55. The molecule has 0 saturated heterocycles. The van der Waals surface area contributed by atoms with Gasteiger partial charge in [-0.05, 0) is 44.7 Å². The SMILES string of the molecule is CCNC1CCCC1N(CC)CC1CCC1. The molecule has 2 fully saturated rings. The molecule has 0 aromatic rings. The standard InChI is InChI=1S/C14H28N2/c1-3-15-13-9-6-10-14(13)16(4-2)11-12-7-5-8-12/h12-15H,3-11H2,1-2H3. The molecule has 0 aromatic carbocycles. The Kier molecular flexibility index (Phi) is 4.66. The third-order valence-corrected chi connectivity index (χ3v) is 4.54. The van der Waals surface area contributed by atoms with Gasteiger partial charge in [0.2, 0.25) is 0 Å². The Morgan fingerprint density at radius 1 is 1.06 bits per heavy atom. The number of hydrogen-bond acceptors (Lipinski definition) is 2. The monoisotopic (exact) mass is 224 g/mol. The van der Waals surface area contributed by atoms with Gasteiger partial charge in [0.25, 0.3) is 0 Å². The van der Waals surface area contributed by atoms with Crippen LogP contribution in [-0.2, 0) is 0 Å². The van der Waals surface area contributed by atoms with Gasteiger partial charge in [-0.3, -0.25) is 4.90 Å². The van der Waals surface area contributed by atoms with Gasteiger partial charge in [0, 0.05) is 18.6 Å². The molecule has 2 aliphatic carbocycles. The van der Waals surface area contributed by atoms with E-state index in [1.165, 1.54) is 51.6 Å². The lowest BCUT2D eigenvalue weighted by Crippen LogP contribution is -2.48. The van der Waals surface area contributed by atoms with E-state index in [1.54, 1.807) is 0 Å². The molecule has 0 amide bonds. The molecule has 0 aromatic heterocycles. The van der Waals surface area contributed by atoms with Gasteiger partial charge >= 0.3 is 0 Å². The predicted octanol–water partition coefficient (Wildman–Crippen LogP) is 2.64. The van der Waals surface area contributed by atoms with Crippen molar-refractivity contribution in [3.63, 3.8) is 0 Å². The van der Waals surface area contributed by atoms with Crippen molar-refractivity contribution in [2.75, 3.05) is 19.6 Å².